The van der Waals surface area contributed by atoms with Crippen LogP contribution in [0.1, 0.15) is 41.5 Å². The van der Waals surface area contributed by atoms with Crippen LogP contribution in [-0.2, 0) is 4.79 Å². The van der Waals surface area contributed by atoms with Gasteiger partial charge in [0.1, 0.15) is 0 Å². The average molecular weight is 580 g/mol. The van der Waals surface area contributed by atoms with E-state index in [2.05, 4.69) is 47.8 Å². The third-order valence-corrected chi connectivity index (χ3v) is 6.01. The summed E-state index contributed by atoms with van der Waals surface area (Å²) in [5.41, 5.74) is -0.317. The molecule has 0 saturated carbocycles. The molecule has 0 atom stereocenters. The fourth-order valence-electron chi connectivity index (χ4n) is 1.90. The fourth-order valence-corrected chi connectivity index (χ4v) is 5.30. The van der Waals surface area contributed by atoms with Crippen molar-refractivity contribution in [1.29, 1.82) is 0 Å². The Labute approximate surface area is 180 Å². The summed E-state index contributed by atoms with van der Waals surface area (Å²) in [4.78, 5) is 36.8. The van der Waals surface area contributed by atoms with Gasteiger partial charge in [-0.3, -0.25) is 24.8 Å². The van der Waals surface area contributed by atoms with Crippen molar-refractivity contribution in [3.63, 3.8) is 0 Å². The molecule has 2 N–H and O–H groups in total. The van der Waals surface area contributed by atoms with Gasteiger partial charge in [0, 0.05) is 36.3 Å². The molecule has 0 unspecified atom stereocenters. The molecule has 0 aromatic heterocycles. The quantitative estimate of drug-likeness (QED) is 0.309. The fraction of sp³-hybridized carbons (Fsp3) is 0.357. The maximum absolute atomic E-state index is 12.6. The summed E-state index contributed by atoms with van der Waals surface area (Å²) in [5.74, 6) is -2.27. The van der Waals surface area contributed by atoms with Crippen LogP contribution in [0.25, 0.3) is 0 Å². The van der Waals surface area contributed by atoms with Crippen molar-refractivity contribution in [3.8, 4) is 0 Å². The van der Waals surface area contributed by atoms with E-state index in [0.717, 1.165) is 0 Å². The van der Waals surface area contributed by atoms with Crippen molar-refractivity contribution in [2.75, 3.05) is 17.5 Å². The largest absolute Gasteiger partial charge is 0.286 e. The van der Waals surface area contributed by atoms with Gasteiger partial charge in [0.25, 0.3) is 11.8 Å². The Kier molecular flexibility index (Phi) is 8.49. The lowest BCUT2D eigenvalue weighted by Crippen LogP contribution is -2.31. The Bertz CT molecular complexity index is 713. The highest BCUT2D eigenvalue weighted by Gasteiger charge is 2.33. The van der Waals surface area contributed by atoms with Crippen LogP contribution >= 0.6 is 59.6 Å². The van der Waals surface area contributed by atoms with Crippen LogP contribution in [0.5, 0.6) is 0 Å². The number of carbonyl (C=O) groups excluding carboxylic acids is 3. The number of carbonyl (C=O) groups is 3. The van der Waals surface area contributed by atoms with Crippen molar-refractivity contribution in [3.05, 3.63) is 24.5 Å². The van der Waals surface area contributed by atoms with Crippen LogP contribution < -0.4 is 4.42 Å². The molecule has 0 saturated heterocycles. The van der Waals surface area contributed by atoms with Gasteiger partial charge >= 0.3 is 0 Å². The number of benzene rings is 1. The van der Waals surface area contributed by atoms with Crippen molar-refractivity contribution < 1.29 is 24.8 Å². The summed E-state index contributed by atoms with van der Waals surface area (Å²) < 4.78 is 0.840. The van der Waals surface area contributed by atoms with E-state index < -0.39 is 17.7 Å². The van der Waals surface area contributed by atoms with Crippen molar-refractivity contribution in [1.82, 2.24) is 10.1 Å². The standard InChI is InChI=1S/C14H15Br3ClN3O5/c1-4-19(25)13(23)7-9(15)8(14(24)20(26)5-2)11(17)12(10(7)16)21(18)6(3)22/h25-26H,4-5H2,1-3H3. The third kappa shape index (κ3) is 4.39. The minimum atomic E-state index is -0.844. The molecule has 0 spiro atoms. The Morgan fingerprint density at radius 1 is 0.885 bits per heavy atom. The first-order chi connectivity index (χ1) is 12.0. The summed E-state index contributed by atoms with van der Waals surface area (Å²) in [6.45, 7) is 4.23. The van der Waals surface area contributed by atoms with Gasteiger partial charge in [0.15, 0.2) is 0 Å². The lowest BCUT2D eigenvalue weighted by atomic mass is 10.1. The molecular formula is C14H15Br3ClN3O5. The van der Waals surface area contributed by atoms with Crippen molar-refractivity contribution in [2.45, 2.75) is 20.8 Å². The number of halogens is 4. The molecule has 12 heteroatoms. The second-order valence-corrected chi connectivity index (χ2v) is 7.60. The van der Waals surface area contributed by atoms with E-state index in [1.54, 1.807) is 13.8 Å². The molecular weight excluding hydrogens is 565 g/mol. The van der Waals surface area contributed by atoms with Gasteiger partial charge in [-0.25, -0.2) is 14.5 Å². The molecule has 144 valence electrons. The second-order valence-electron chi connectivity index (χ2n) is 4.88. The Morgan fingerprint density at radius 2 is 1.23 bits per heavy atom. The van der Waals surface area contributed by atoms with Crippen LogP contribution in [0.3, 0.4) is 0 Å². The first kappa shape index (κ1) is 23.3. The molecule has 0 bridgehead atoms. The molecule has 1 aromatic carbocycles. The van der Waals surface area contributed by atoms with E-state index in [9.17, 15) is 24.8 Å². The molecule has 0 radical (unpaired) electrons. The topological polar surface area (TPSA) is 101 Å². The molecule has 0 aliphatic carbocycles. The number of nitrogens with zero attached hydrogens (tertiary/aromatic N) is 3. The van der Waals surface area contributed by atoms with E-state index in [1.165, 1.54) is 6.92 Å². The second kappa shape index (κ2) is 9.47. The number of hydrogen-bond acceptors (Lipinski definition) is 5. The number of rotatable bonds is 5. The number of amides is 3. The van der Waals surface area contributed by atoms with Gasteiger partial charge < -0.3 is 0 Å². The van der Waals surface area contributed by atoms with E-state index >= 15 is 0 Å². The Hall–Kier alpha value is -0.720. The molecule has 0 aliphatic heterocycles. The van der Waals surface area contributed by atoms with Crippen LogP contribution in [0, 0.1) is 0 Å². The summed E-state index contributed by atoms with van der Waals surface area (Å²) >= 11 is 15.6. The minimum absolute atomic E-state index is 0.00335. The predicted molar refractivity (Wildman–Crippen MR) is 106 cm³/mol. The molecule has 1 rings (SSSR count). The summed E-state index contributed by atoms with van der Waals surface area (Å²) in [6, 6.07) is 0. The van der Waals surface area contributed by atoms with Gasteiger partial charge in [-0.1, -0.05) is 0 Å². The van der Waals surface area contributed by atoms with Crippen LogP contribution in [0.4, 0.5) is 5.69 Å². The first-order valence-corrected chi connectivity index (χ1v) is 9.91. The molecule has 0 aliphatic rings. The van der Waals surface area contributed by atoms with E-state index in [1.807, 2.05) is 0 Å². The van der Waals surface area contributed by atoms with Gasteiger partial charge in [0.2, 0.25) is 5.91 Å². The maximum Gasteiger partial charge on any atom is 0.279 e. The van der Waals surface area contributed by atoms with Crippen LogP contribution in [0.15, 0.2) is 13.4 Å². The monoisotopic (exact) mass is 577 g/mol. The van der Waals surface area contributed by atoms with Crippen molar-refractivity contribution in [2.24, 2.45) is 0 Å². The summed E-state index contributed by atoms with van der Waals surface area (Å²) in [5, 5.41) is 20.4. The van der Waals surface area contributed by atoms with Gasteiger partial charge in [-0.15, -0.1) is 0 Å². The van der Waals surface area contributed by atoms with Gasteiger partial charge in [-0.2, -0.15) is 0 Å². The predicted octanol–water partition coefficient (Wildman–Crippen LogP) is 4.18. The molecule has 0 heterocycles. The number of anilines is 1. The molecule has 0 fully saturated rings. The third-order valence-electron chi connectivity index (χ3n) is 3.26. The zero-order valence-electron chi connectivity index (χ0n) is 13.9. The Balaban J connectivity index is 3.92. The van der Waals surface area contributed by atoms with Crippen LogP contribution in [0.2, 0.25) is 0 Å². The lowest BCUT2D eigenvalue weighted by Gasteiger charge is -2.24. The number of hydrogen-bond donors (Lipinski definition) is 2. The summed E-state index contributed by atoms with van der Waals surface area (Å²) in [6.07, 6.45) is 0. The highest BCUT2D eigenvalue weighted by atomic mass is 79.9. The first-order valence-electron chi connectivity index (χ1n) is 7.19. The van der Waals surface area contributed by atoms with E-state index in [4.69, 9.17) is 11.8 Å². The molecule has 26 heavy (non-hydrogen) atoms. The van der Waals surface area contributed by atoms with E-state index in [-0.39, 0.29) is 43.3 Å². The summed E-state index contributed by atoms with van der Waals surface area (Å²) in [7, 11) is 0. The SMILES string of the molecule is CCN(O)C(=O)c1c(Br)c(C(=O)N(O)CC)c(Br)c(N(Cl)C(C)=O)c1Br. The van der Waals surface area contributed by atoms with Gasteiger partial charge in [-0.05, 0) is 61.6 Å². The zero-order chi connectivity index (χ0) is 20.3. The molecule has 1 aromatic rings. The van der Waals surface area contributed by atoms with Gasteiger partial charge in [0.05, 0.1) is 25.8 Å². The van der Waals surface area contributed by atoms with E-state index in [0.29, 0.717) is 14.5 Å². The number of hydroxylamine groups is 4. The van der Waals surface area contributed by atoms with Crippen LogP contribution in [-0.4, -0.2) is 51.4 Å². The highest BCUT2D eigenvalue weighted by Crippen LogP contribution is 2.45. The highest BCUT2D eigenvalue weighted by molar-refractivity contribution is 9.11. The van der Waals surface area contributed by atoms with Crippen molar-refractivity contribution >= 4 is 83.0 Å². The smallest absolute Gasteiger partial charge is 0.279 e. The molecule has 8 nitrogen and oxygen atoms in total. The molecule has 3 amide bonds. The normalized spacial score (nSPS) is 10.5. The Morgan fingerprint density at radius 3 is 1.50 bits per heavy atom. The maximum atomic E-state index is 12.6. The zero-order valence-corrected chi connectivity index (χ0v) is 19.4. The lowest BCUT2D eigenvalue weighted by molar-refractivity contribution is -0.115. The minimum Gasteiger partial charge on any atom is -0.286 e. The average Bonchev–Trinajstić information content (AvgIpc) is 2.59.